The number of halogens is 1. The Bertz CT molecular complexity index is 1750. The molecule has 0 bridgehead atoms. The fraction of sp³-hybridized carbons (Fsp3) is 0.133. The highest BCUT2D eigenvalue weighted by Crippen LogP contribution is 2.33. The minimum Gasteiger partial charge on any atom is -0.361 e. The van der Waals surface area contributed by atoms with Crippen LogP contribution >= 0.6 is 15.9 Å². The van der Waals surface area contributed by atoms with E-state index in [4.69, 9.17) is 4.98 Å². The highest BCUT2D eigenvalue weighted by Gasteiger charge is 2.30. The smallest absolute Gasteiger partial charge is 0.233 e. The molecule has 6 heteroatoms. The molecule has 0 amide bonds. The lowest BCUT2D eigenvalue weighted by Crippen LogP contribution is -2.10. The Morgan fingerprint density at radius 2 is 1.78 bits per heavy atom. The third-order valence-corrected chi connectivity index (χ3v) is 7.66. The second-order valence-electron chi connectivity index (χ2n) is 9.53. The van der Waals surface area contributed by atoms with Crippen molar-refractivity contribution < 1.29 is 4.79 Å². The van der Waals surface area contributed by atoms with E-state index in [2.05, 4.69) is 74.0 Å². The van der Waals surface area contributed by atoms with Gasteiger partial charge in [0, 0.05) is 40.1 Å². The maximum Gasteiger partial charge on any atom is 0.233 e. The molecule has 0 saturated heterocycles. The van der Waals surface area contributed by atoms with Gasteiger partial charge in [0.1, 0.15) is 5.82 Å². The van der Waals surface area contributed by atoms with E-state index in [0.717, 1.165) is 56.4 Å². The van der Waals surface area contributed by atoms with E-state index in [0.29, 0.717) is 6.54 Å². The molecule has 36 heavy (non-hydrogen) atoms. The molecule has 1 aliphatic rings. The van der Waals surface area contributed by atoms with Crippen LogP contribution in [-0.2, 0) is 6.54 Å². The molecule has 1 saturated carbocycles. The molecule has 6 aromatic rings. The number of carbonyl (C=O) groups excluding carboxylic acids is 1. The molecule has 3 heterocycles. The Morgan fingerprint density at radius 1 is 0.972 bits per heavy atom. The number of hydrogen-bond donors (Lipinski definition) is 1. The minimum atomic E-state index is 0.195. The quantitative estimate of drug-likeness (QED) is 0.248. The number of carbonyl (C=O) groups is 1. The summed E-state index contributed by atoms with van der Waals surface area (Å²) in [5, 5.41) is 1.21. The summed E-state index contributed by atoms with van der Waals surface area (Å²) in [7, 11) is 0. The Kier molecular flexibility index (Phi) is 4.96. The Morgan fingerprint density at radius 3 is 2.61 bits per heavy atom. The third-order valence-electron chi connectivity index (χ3n) is 7.02. The number of H-pyrrole nitrogens is 1. The number of nitrogens with one attached hydrogen (secondary N) is 1. The van der Waals surface area contributed by atoms with Crippen molar-refractivity contribution in [2.75, 3.05) is 0 Å². The van der Waals surface area contributed by atoms with Crippen molar-refractivity contribution >= 4 is 43.8 Å². The molecule has 1 N–H and O–H groups in total. The molecular formula is C30H23BrN4O. The van der Waals surface area contributed by atoms with Crippen LogP contribution in [0.4, 0.5) is 0 Å². The minimum absolute atomic E-state index is 0.195. The van der Waals surface area contributed by atoms with Crippen LogP contribution in [-0.4, -0.2) is 25.0 Å². The Balaban J connectivity index is 1.27. The second kappa shape index (κ2) is 8.35. The standard InChI is InChI=1S/C30H23BrN4O/c31-25-2-1-3-26-28(25)35(18-19-13-15-34(17-19)30(36)23-9-10-23)29(33-26)22-7-4-20(5-8-22)24-11-6-21-12-14-32-27(21)16-24/h1-8,11-17,23,32H,9-10,18H2. The first-order valence-corrected chi connectivity index (χ1v) is 13.0. The van der Waals surface area contributed by atoms with E-state index in [1.807, 2.05) is 42.9 Å². The first-order chi connectivity index (χ1) is 17.6. The molecule has 0 atom stereocenters. The predicted molar refractivity (Wildman–Crippen MR) is 147 cm³/mol. The van der Waals surface area contributed by atoms with Crippen LogP contribution in [0.1, 0.15) is 23.2 Å². The van der Waals surface area contributed by atoms with E-state index >= 15 is 0 Å². The number of hydrogen-bond acceptors (Lipinski definition) is 2. The van der Waals surface area contributed by atoms with Crippen LogP contribution in [0.2, 0.25) is 0 Å². The summed E-state index contributed by atoms with van der Waals surface area (Å²) in [5.74, 6) is 1.30. The van der Waals surface area contributed by atoms with Gasteiger partial charge in [-0.15, -0.1) is 0 Å². The van der Waals surface area contributed by atoms with Crippen molar-refractivity contribution in [2.45, 2.75) is 19.4 Å². The van der Waals surface area contributed by atoms with Crippen molar-refractivity contribution in [3.8, 4) is 22.5 Å². The number of aromatic amines is 1. The summed E-state index contributed by atoms with van der Waals surface area (Å²) in [4.78, 5) is 20.8. The van der Waals surface area contributed by atoms with Gasteiger partial charge in [0.05, 0.1) is 17.6 Å². The normalized spacial score (nSPS) is 13.6. The lowest BCUT2D eigenvalue weighted by molar-refractivity contribution is 0.0886. The molecule has 176 valence electrons. The monoisotopic (exact) mass is 534 g/mol. The van der Waals surface area contributed by atoms with Gasteiger partial charge >= 0.3 is 0 Å². The number of para-hydroxylation sites is 1. The second-order valence-corrected chi connectivity index (χ2v) is 10.4. The van der Waals surface area contributed by atoms with Crippen LogP contribution in [0.25, 0.3) is 44.5 Å². The average Bonchev–Trinajstić information content (AvgIpc) is 3.29. The fourth-order valence-electron chi connectivity index (χ4n) is 4.95. The zero-order valence-electron chi connectivity index (χ0n) is 19.5. The van der Waals surface area contributed by atoms with E-state index in [1.54, 1.807) is 4.57 Å². The lowest BCUT2D eigenvalue weighted by Gasteiger charge is -2.10. The molecule has 0 unspecified atom stereocenters. The van der Waals surface area contributed by atoms with Gasteiger partial charge in [-0.25, -0.2) is 4.98 Å². The predicted octanol–water partition coefficient (Wildman–Crippen LogP) is 7.51. The van der Waals surface area contributed by atoms with E-state index < -0.39 is 0 Å². The third kappa shape index (κ3) is 3.69. The molecule has 3 aromatic heterocycles. The molecule has 1 aliphatic carbocycles. The van der Waals surface area contributed by atoms with Crippen molar-refractivity contribution in [3.05, 3.63) is 101 Å². The summed E-state index contributed by atoms with van der Waals surface area (Å²) < 4.78 is 4.99. The van der Waals surface area contributed by atoms with Crippen molar-refractivity contribution in [2.24, 2.45) is 5.92 Å². The summed E-state index contributed by atoms with van der Waals surface area (Å²) in [5.41, 5.74) is 7.59. The van der Waals surface area contributed by atoms with Gasteiger partial charge in [-0.05, 0) is 81.2 Å². The molecule has 3 aromatic carbocycles. The highest BCUT2D eigenvalue weighted by atomic mass is 79.9. The van der Waals surface area contributed by atoms with E-state index in [9.17, 15) is 4.79 Å². The van der Waals surface area contributed by atoms with Crippen LogP contribution in [0.3, 0.4) is 0 Å². The lowest BCUT2D eigenvalue weighted by atomic mass is 10.0. The van der Waals surface area contributed by atoms with Crippen molar-refractivity contribution in [1.29, 1.82) is 0 Å². The van der Waals surface area contributed by atoms with E-state index in [1.165, 1.54) is 10.9 Å². The van der Waals surface area contributed by atoms with Crippen molar-refractivity contribution in [1.82, 2.24) is 19.1 Å². The maximum absolute atomic E-state index is 12.5. The number of aromatic nitrogens is 4. The van der Waals surface area contributed by atoms with Gasteiger partial charge in [0.25, 0.3) is 0 Å². The zero-order valence-corrected chi connectivity index (χ0v) is 21.1. The topological polar surface area (TPSA) is 55.6 Å². The van der Waals surface area contributed by atoms with E-state index in [-0.39, 0.29) is 11.8 Å². The van der Waals surface area contributed by atoms with Crippen LogP contribution < -0.4 is 0 Å². The zero-order chi connectivity index (χ0) is 24.2. The van der Waals surface area contributed by atoms with Crippen LogP contribution in [0.5, 0.6) is 0 Å². The Hall–Kier alpha value is -3.90. The Labute approximate surface area is 216 Å². The molecule has 0 radical (unpaired) electrons. The molecular weight excluding hydrogens is 512 g/mol. The summed E-state index contributed by atoms with van der Waals surface area (Å²) >= 11 is 3.74. The molecule has 5 nitrogen and oxygen atoms in total. The summed E-state index contributed by atoms with van der Waals surface area (Å²) in [6, 6.07) is 25.3. The first-order valence-electron chi connectivity index (χ1n) is 12.2. The molecule has 0 aliphatic heterocycles. The van der Waals surface area contributed by atoms with Gasteiger partial charge in [-0.2, -0.15) is 0 Å². The first kappa shape index (κ1) is 21.4. The highest BCUT2D eigenvalue weighted by molar-refractivity contribution is 9.10. The number of nitrogens with zero attached hydrogens (tertiary/aromatic N) is 3. The van der Waals surface area contributed by atoms with Gasteiger partial charge < -0.3 is 9.55 Å². The van der Waals surface area contributed by atoms with Crippen LogP contribution in [0.15, 0.2) is 95.9 Å². The number of rotatable bonds is 5. The number of imidazole rings is 1. The summed E-state index contributed by atoms with van der Waals surface area (Å²) in [6.45, 7) is 0.630. The van der Waals surface area contributed by atoms with Gasteiger partial charge in [0.2, 0.25) is 5.91 Å². The van der Waals surface area contributed by atoms with Gasteiger partial charge in [-0.1, -0.05) is 42.5 Å². The number of fused-ring (bicyclic) bond motifs is 2. The van der Waals surface area contributed by atoms with Crippen molar-refractivity contribution in [3.63, 3.8) is 0 Å². The van der Waals surface area contributed by atoms with Gasteiger partial charge in [0.15, 0.2) is 0 Å². The average molecular weight is 535 g/mol. The fourth-order valence-corrected chi connectivity index (χ4v) is 5.52. The van der Waals surface area contributed by atoms with Crippen LogP contribution in [0, 0.1) is 5.92 Å². The van der Waals surface area contributed by atoms with Gasteiger partial charge in [-0.3, -0.25) is 9.36 Å². The maximum atomic E-state index is 12.5. The SMILES string of the molecule is O=C(C1CC1)n1ccc(Cn2c(-c3ccc(-c4ccc5cc[nH]c5c4)cc3)nc3cccc(Br)c32)c1. The molecule has 7 rings (SSSR count). The molecule has 1 fully saturated rings. The molecule has 0 spiro atoms. The number of benzene rings is 3. The largest absolute Gasteiger partial charge is 0.361 e. The summed E-state index contributed by atoms with van der Waals surface area (Å²) in [6.07, 6.45) is 7.83.